The molecule has 0 saturated carbocycles. The van der Waals surface area contributed by atoms with Crippen LogP contribution in [-0.2, 0) is 6.42 Å². The van der Waals surface area contributed by atoms with Crippen molar-refractivity contribution in [3.8, 4) is 0 Å². The van der Waals surface area contributed by atoms with Gasteiger partial charge in [-0.3, -0.25) is 9.79 Å². The highest BCUT2D eigenvalue weighted by Crippen LogP contribution is 2.15. The van der Waals surface area contributed by atoms with Crippen LogP contribution in [-0.4, -0.2) is 24.7 Å². The number of nitrogens with one attached hydrogen (secondary N) is 1. The minimum Gasteiger partial charge on any atom is -0.346 e. The van der Waals surface area contributed by atoms with E-state index >= 15 is 0 Å². The Hall–Kier alpha value is -2.42. The Bertz CT molecular complexity index is 647. The maximum atomic E-state index is 12.0. The van der Waals surface area contributed by atoms with Gasteiger partial charge in [0.05, 0.1) is 12.3 Å². The van der Waals surface area contributed by atoms with E-state index < -0.39 is 0 Å². The van der Waals surface area contributed by atoms with Crippen molar-refractivity contribution >= 4 is 11.6 Å². The highest BCUT2D eigenvalue weighted by atomic mass is 16.1. The zero-order valence-corrected chi connectivity index (χ0v) is 11.2. The molecule has 0 aromatic heterocycles. The lowest BCUT2D eigenvalue weighted by atomic mass is 9.97. The summed E-state index contributed by atoms with van der Waals surface area (Å²) < 4.78 is 0. The summed E-state index contributed by atoms with van der Waals surface area (Å²) in [5.41, 5.74) is 4.12. The molecule has 3 rings (SSSR count). The largest absolute Gasteiger partial charge is 0.346 e. The van der Waals surface area contributed by atoms with Crippen LogP contribution in [0.25, 0.3) is 0 Å². The van der Waals surface area contributed by atoms with Crippen molar-refractivity contribution in [1.82, 2.24) is 5.32 Å². The number of nitrogens with zero attached hydrogens (tertiary/aromatic N) is 1. The van der Waals surface area contributed by atoms with Gasteiger partial charge in [0.1, 0.15) is 0 Å². The first-order valence-electron chi connectivity index (χ1n) is 6.79. The molecule has 20 heavy (non-hydrogen) atoms. The highest BCUT2D eigenvalue weighted by Gasteiger charge is 2.14. The van der Waals surface area contributed by atoms with Gasteiger partial charge in [-0.05, 0) is 24.1 Å². The van der Waals surface area contributed by atoms with Crippen molar-refractivity contribution in [2.45, 2.75) is 6.42 Å². The van der Waals surface area contributed by atoms with Gasteiger partial charge < -0.3 is 5.32 Å². The lowest BCUT2D eigenvalue weighted by molar-refractivity contribution is 0.0959. The quantitative estimate of drug-likeness (QED) is 0.909. The second-order valence-electron chi connectivity index (χ2n) is 4.78. The minimum atomic E-state index is -0.0589. The SMILES string of the molecule is O=C(NCC1=NCCc2ccccc21)c1ccccc1. The molecule has 1 N–H and O–H groups in total. The van der Waals surface area contributed by atoms with Crippen LogP contribution in [0.5, 0.6) is 0 Å². The highest BCUT2D eigenvalue weighted by molar-refractivity contribution is 6.06. The van der Waals surface area contributed by atoms with Crippen LogP contribution < -0.4 is 5.32 Å². The molecule has 0 fully saturated rings. The van der Waals surface area contributed by atoms with Gasteiger partial charge in [0, 0.05) is 17.7 Å². The van der Waals surface area contributed by atoms with Gasteiger partial charge in [-0.2, -0.15) is 0 Å². The van der Waals surface area contributed by atoms with Gasteiger partial charge in [0.15, 0.2) is 0 Å². The van der Waals surface area contributed by atoms with Crippen molar-refractivity contribution < 1.29 is 4.79 Å². The predicted molar refractivity (Wildman–Crippen MR) is 80.3 cm³/mol. The molecule has 0 spiro atoms. The van der Waals surface area contributed by atoms with Gasteiger partial charge in [0.25, 0.3) is 5.91 Å². The molecule has 0 unspecified atom stereocenters. The van der Waals surface area contributed by atoms with Crippen LogP contribution in [0, 0.1) is 0 Å². The Morgan fingerprint density at radius 2 is 1.80 bits per heavy atom. The summed E-state index contributed by atoms with van der Waals surface area (Å²) in [5, 5.41) is 2.94. The molecule has 1 aliphatic heterocycles. The average Bonchev–Trinajstić information content (AvgIpc) is 2.53. The first kappa shape index (κ1) is 12.6. The summed E-state index contributed by atoms with van der Waals surface area (Å²) in [4.78, 5) is 16.6. The fraction of sp³-hybridized carbons (Fsp3) is 0.176. The fourth-order valence-corrected chi connectivity index (χ4v) is 2.42. The molecule has 2 aromatic rings. The lowest BCUT2D eigenvalue weighted by Crippen LogP contribution is -2.31. The van der Waals surface area contributed by atoms with E-state index in [0.29, 0.717) is 12.1 Å². The molecular weight excluding hydrogens is 248 g/mol. The van der Waals surface area contributed by atoms with Gasteiger partial charge in [0.2, 0.25) is 0 Å². The summed E-state index contributed by atoms with van der Waals surface area (Å²) in [5.74, 6) is -0.0589. The minimum absolute atomic E-state index is 0.0589. The lowest BCUT2D eigenvalue weighted by Gasteiger charge is -2.17. The van der Waals surface area contributed by atoms with Crippen LogP contribution in [0.2, 0.25) is 0 Å². The van der Waals surface area contributed by atoms with Crippen LogP contribution in [0.4, 0.5) is 0 Å². The number of carbonyl (C=O) groups is 1. The van der Waals surface area contributed by atoms with Gasteiger partial charge in [-0.15, -0.1) is 0 Å². The molecule has 1 amide bonds. The third-order valence-corrected chi connectivity index (χ3v) is 3.46. The Kier molecular flexibility index (Phi) is 3.59. The van der Waals surface area contributed by atoms with Gasteiger partial charge >= 0.3 is 0 Å². The van der Waals surface area contributed by atoms with Crippen LogP contribution in [0.1, 0.15) is 21.5 Å². The summed E-state index contributed by atoms with van der Waals surface area (Å²) in [6.45, 7) is 1.28. The third-order valence-electron chi connectivity index (χ3n) is 3.46. The number of hydrogen-bond acceptors (Lipinski definition) is 2. The molecule has 1 aliphatic rings. The van der Waals surface area contributed by atoms with E-state index in [1.807, 2.05) is 42.5 Å². The molecule has 0 bridgehead atoms. The molecule has 3 nitrogen and oxygen atoms in total. The smallest absolute Gasteiger partial charge is 0.251 e. The second kappa shape index (κ2) is 5.70. The van der Waals surface area contributed by atoms with Gasteiger partial charge in [-0.25, -0.2) is 0 Å². The number of benzene rings is 2. The van der Waals surface area contributed by atoms with E-state index in [4.69, 9.17) is 0 Å². The van der Waals surface area contributed by atoms with E-state index in [1.54, 1.807) is 0 Å². The second-order valence-corrected chi connectivity index (χ2v) is 4.78. The molecule has 100 valence electrons. The Labute approximate surface area is 118 Å². The molecule has 0 aliphatic carbocycles. The molecule has 0 saturated heterocycles. The number of amides is 1. The summed E-state index contributed by atoms with van der Waals surface area (Å²) in [6.07, 6.45) is 0.978. The topological polar surface area (TPSA) is 41.5 Å². The number of fused-ring (bicyclic) bond motifs is 1. The zero-order chi connectivity index (χ0) is 13.8. The van der Waals surface area contributed by atoms with E-state index in [2.05, 4.69) is 22.4 Å². The fourth-order valence-electron chi connectivity index (χ4n) is 2.42. The van der Waals surface area contributed by atoms with Crippen molar-refractivity contribution in [3.05, 3.63) is 71.3 Å². The predicted octanol–water partition coefficient (Wildman–Crippen LogP) is 2.46. The normalized spacial score (nSPS) is 13.3. The maximum absolute atomic E-state index is 12.0. The zero-order valence-electron chi connectivity index (χ0n) is 11.2. The molecule has 2 aromatic carbocycles. The maximum Gasteiger partial charge on any atom is 0.251 e. The number of rotatable bonds is 3. The van der Waals surface area contributed by atoms with E-state index in [1.165, 1.54) is 5.56 Å². The van der Waals surface area contributed by atoms with Crippen molar-refractivity contribution in [1.29, 1.82) is 0 Å². The van der Waals surface area contributed by atoms with Crippen molar-refractivity contribution in [3.63, 3.8) is 0 Å². The third kappa shape index (κ3) is 2.62. The average molecular weight is 264 g/mol. The molecular formula is C17H16N2O. The van der Waals surface area contributed by atoms with Crippen LogP contribution in [0.3, 0.4) is 0 Å². The summed E-state index contributed by atoms with van der Waals surface area (Å²) >= 11 is 0. The number of hydrogen-bond donors (Lipinski definition) is 1. The standard InChI is InChI=1S/C17H16N2O/c20-17(14-7-2-1-3-8-14)19-12-16-15-9-5-4-6-13(15)10-11-18-16/h1-9H,10-12H2,(H,19,20). The Balaban J connectivity index is 1.70. The summed E-state index contributed by atoms with van der Waals surface area (Å²) in [7, 11) is 0. The first-order chi connectivity index (χ1) is 9.84. The van der Waals surface area contributed by atoms with Crippen LogP contribution >= 0.6 is 0 Å². The number of aliphatic imine (C=N–C) groups is 1. The van der Waals surface area contributed by atoms with Crippen molar-refractivity contribution in [2.75, 3.05) is 13.1 Å². The molecule has 3 heteroatoms. The molecule has 0 atom stereocenters. The van der Waals surface area contributed by atoms with E-state index in [0.717, 1.165) is 24.2 Å². The molecule has 0 radical (unpaired) electrons. The number of carbonyl (C=O) groups excluding carboxylic acids is 1. The van der Waals surface area contributed by atoms with E-state index in [-0.39, 0.29) is 5.91 Å². The van der Waals surface area contributed by atoms with Gasteiger partial charge in [-0.1, -0.05) is 42.5 Å². The Morgan fingerprint density at radius 3 is 2.65 bits per heavy atom. The first-order valence-corrected chi connectivity index (χ1v) is 6.79. The van der Waals surface area contributed by atoms with E-state index in [9.17, 15) is 4.79 Å². The summed E-state index contributed by atoms with van der Waals surface area (Å²) in [6, 6.07) is 17.5. The Morgan fingerprint density at radius 1 is 1.05 bits per heavy atom. The van der Waals surface area contributed by atoms with Crippen LogP contribution in [0.15, 0.2) is 59.6 Å². The van der Waals surface area contributed by atoms with Crippen molar-refractivity contribution in [2.24, 2.45) is 4.99 Å². The molecule has 1 heterocycles. The monoisotopic (exact) mass is 264 g/mol.